The van der Waals surface area contributed by atoms with Crippen molar-refractivity contribution in [1.29, 1.82) is 0 Å². The predicted octanol–water partition coefficient (Wildman–Crippen LogP) is 2.49. The van der Waals surface area contributed by atoms with Crippen LogP contribution >= 0.6 is 7.92 Å². The number of fused-ring (bicyclic) bond motifs is 1. The van der Waals surface area contributed by atoms with E-state index < -0.39 is 7.92 Å². The average molecular weight is 303 g/mol. The van der Waals surface area contributed by atoms with Crippen LogP contribution in [-0.4, -0.2) is 14.8 Å². The Kier molecular flexibility index (Phi) is 3.42. The summed E-state index contributed by atoms with van der Waals surface area (Å²) in [5, 5.41) is 11.0. The molecule has 0 bridgehead atoms. The van der Waals surface area contributed by atoms with Crippen LogP contribution in [-0.2, 0) is 0 Å². The minimum atomic E-state index is -0.660. The van der Waals surface area contributed by atoms with Crippen LogP contribution in [0.3, 0.4) is 0 Å². The fourth-order valence-electron chi connectivity index (χ4n) is 2.58. The molecule has 0 aliphatic rings. The van der Waals surface area contributed by atoms with E-state index in [9.17, 15) is 0 Å². The monoisotopic (exact) mass is 303 g/mol. The molecule has 0 atom stereocenters. The van der Waals surface area contributed by atoms with Gasteiger partial charge in [-0.2, -0.15) is 0 Å². The maximum absolute atomic E-state index is 4.27. The van der Waals surface area contributed by atoms with Crippen LogP contribution in [0.25, 0.3) is 5.52 Å². The fourth-order valence-corrected chi connectivity index (χ4v) is 4.92. The minimum absolute atomic E-state index is 0.660. The van der Waals surface area contributed by atoms with E-state index in [2.05, 4.69) is 83.1 Å². The van der Waals surface area contributed by atoms with E-state index >= 15 is 0 Å². The highest BCUT2D eigenvalue weighted by atomic mass is 31.1. The van der Waals surface area contributed by atoms with Crippen LogP contribution < -0.4 is 16.0 Å². The van der Waals surface area contributed by atoms with Gasteiger partial charge in [-0.05, 0) is 22.7 Å². The Labute approximate surface area is 130 Å². The minimum Gasteiger partial charge on any atom is -0.212 e. The van der Waals surface area contributed by atoms with E-state index in [1.165, 1.54) is 16.0 Å². The quantitative estimate of drug-likeness (QED) is 0.544. The molecule has 4 rings (SSSR count). The zero-order valence-electron chi connectivity index (χ0n) is 11.9. The zero-order chi connectivity index (χ0) is 14.8. The summed E-state index contributed by atoms with van der Waals surface area (Å²) in [6.07, 6.45) is 1.80. The molecule has 3 nitrogen and oxygen atoms in total. The Morgan fingerprint density at radius 1 is 0.682 bits per heavy atom. The Morgan fingerprint density at radius 2 is 1.32 bits per heavy atom. The standard InChI is InChI=1S/C18H14N3P/c1-3-9-16(10-4-1)22(17-11-5-2-6-12-17)18-13-7-8-15-14-19-20-21(15)18/h1-14H. The van der Waals surface area contributed by atoms with E-state index in [-0.39, 0.29) is 0 Å². The number of benzene rings is 2. The lowest BCUT2D eigenvalue weighted by atomic mass is 10.4. The summed E-state index contributed by atoms with van der Waals surface area (Å²) in [5.74, 6) is 0. The predicted molar refractivity (Wildman–Crippen MR) is 91.7 cm³/mol. The zero-order valence-corrected chi connectivity index (χ0v) is 12.8. The molecule has 2 heterocycles. The second-order valence-electron chi connectivity index (χ2n) is 4.96. The third-order valence-corrected chi connectivity index (χ3v) is 5.99. The summed E-state index contributed by atoms with van der Waals surface area (Å²) in [4.78, 5) is 0. The van der Waals surface area contributed by atoms with Gasteiger partial charge < -0.3 is 0 Å². The van der Waals surface area contributed by atoms with E-state index in [1.807, 2.05) is 10.6 Å². The van der Waals surface area contributed by atoms with Crippen LogP contribution in [0, 0.1) is 0 Å². The number of hydrogen-bond donors (Lipinski definition) is 0. The van der Waals surface area contributed by atoms with E-state index in [0.29, 0.717) is 0 Å². The van der Waals surface area contributed by atoms with E-state index in [1.54, 1.807) is 6.20 Å². The van der Waals surface area contributed by atoms with Gasteiger partial charge in [-0.1, -0.05) is 71.9 Å². The maximum atomic E-state index is 4.27. The molecule has 0 saturated carbocycles. The maximum Gasteiger partial charge on any atom is 0.0872 e. The third-order valence-electron chi connectivity index (χ3n) is 3.56. The van der Waals surface area contributed by atoms with Gasteiger partial charge >= 0.3 is 0 Å². The van der Waals surface area contributed by atoms with Gasteiger partial charge in [-0.15, -0.1) is 5.10 Å². The van der Waals surface area contributed by atoms with E-state index in [0.717, 1.165) is 5.52 Å². The SMILES string of the molecule is c1ccc(P(c2ccccc2)c2cccc3cnnn23)cc1. The highest BCUT2D eigenvalue weighted by Gasteiger charge is 2.19. The van der Waals surface area contributed by atoms with Crippen LogP contribution in [0.1, 0.15) is 0 Å². The van der Waals surface area contributed by atoms with Gasteiger partial charge in [0.15, 0.2) is 0 Å². The average Bonchev–Trinajstić information content (AvgIpc) is 3.07. The molecular weight excluding hydrogens is 289 g/mol. The molecule has 0 saturated heterocycles. The van der Waals surface area contributed by atoms with Crippen molar-refractivity contribution in [2.75, 3.05) is 0 Å². The van der Waals surface area contributed by atoms with Crippen molar-refractivity contribution < 1.29 is 0 Å². The van der Waals surface area contributed by atoms with Gasteiger partial charge in [0.25, 0.3) is 0 Å². The summed E-state index contributed by atoms with van der Waals surface area (Å²) in [7, 11) is -0.660. The molecule has 106 valence electrons. The lowest BCUT2D eigenvalue weighted by Gasteiger charge is -2.19. The van der Waals surface area contributed by atoms with Crippen molar-refractivity contribution >= 4 is 29.5 Å². The molecular formula is C18H14N3P. The van der Waals surface area contributed by atoms with Gasteiger partial charge in [0.1, 0.15) is 0 Å². The van der Waals surface area contributed by atoms with Crippen LogP contribution in [0.5, 0.6) is 0 Å². The van der Waals surface area contributed by atoms with Gasteiger partial charge in [0, 0.05) is 7.92 Å². The highest BCUT2D eigenvalue weighted by Crippen LogP contribution is 2.32. The van der Waals surface area contributed by atoms with Crippen molar-refractivity contribution in [2.24, 2.45) is 0 Å². The van der Waals surface area contributed by atoms with E-state index in [4.69, 9.17) is 0 Å². The number of hydrogen-bond acceptors (Lipinski definition) is 2. The molecule has 0 aliphatic carbocycles. The van der Waals surface area contributed by atoms with Crippen molar-refractivity contribution in [3.05, 3.63) is 85.1 Å². The molecule has 0 spiro atoms. The smallest absolute Gasteiger partial charge is 0.0872 e. The first-order valence-electron chi connectivity index (χ1n) is 7.13. The van der Waals surface area contributed by atoms with Crippen molar-refractivity contribution in [3.63, 3.8) is 0 Å². The molecule has 4 heteroatoms. The van der Waals surface area contributed by atoms with Gasteiger partial charge in [-0.25, -0.2) is 4.52 Å². The van der Waals surface area contributed by atoms with Crippen molar-refractivity contribution in [1.82, 2.24) is 14.8 Å². The molecule has 0 unspecified atom stereocenters. The first-order valence-corrected chi connectivity index (χ1v) is 8.47. The summed E-state index contributed by atoms with van der Waals surface area (Å²) < 4.78 is 1.95. The molecule has 0 fully saturated rings. The summed E-state index contributed by atoms with van der Waals surface area (Å²) >= 11 is 0. The summed E-state index contributed by atoms with van der Waals surface area (Å²) in [5.41, 5.74) is 2.21. The van der Waals surface area contributed by atoms with Gasteiger partial charge in [0.2, 0.25) is 0 Å². The molecule has 22 heavy (non-hydrogen) atoms. The molecule has 0 radical (unpaired) electrons. The molecule has 2 aromatic heterocycles. The fraction of sp³-hybridized carbons (Fsp3) is 0. The number of aromatic nitrogens is 3. The largest absolute Gasteiger partial charge is 0.212 e. The number of pyridine rings is 1. The Bertz CT molecular complexity index is 848. The van der Waals surface area contributed by atoms with Crippen LogP contribution in [0.15, 0.2) is 85.1 Å². The van der Waals surface area contributed by atoms with Crippen molar-refractivity contribution in [2.45, 2.75) is 0 Å². The Balaban J connectivity index is 1.97. The van der Waals surface area contributed by atoms with Crippen LogP contribution in [0.2, 0.25) is 0 Å². The second-order valence-corrected chi connectivity index (χ2v) is 7.12. The normalized spacial score (nSPS) is 11.1. The first-order chi connectivity index (χ1) is 10.9. The first kappa shape index (κ1) is 13.2. The third kappa shape index (κ3) is 2.30. The summed E-state index contributed by atoms with van der Waals surface area (Å²) in [6.45, 7) is 0. The lowest BCUT2D eigenvalue weighted by molar-refractivity contribution is 0.875. The molecule has 4 aromatic rings. The molecule has 0 N–H and O–H groups in total. The molecule has 0 aliphatic heterocycles. The lowest BCUT2D eigenvalue weighted by Crippen LogP contribution is -2.25. The molecule has 0 amide bonds. The van der Waals surface area contributed by atoms with Crippen molar-refractivity contribution in [3.8, 4) is 0 Å². The van der Waals surface area contributed by atoms with Gasteiger partial charge in [0.05, 0.1) is 17.1 Å². The summed E-state index contributed by atoms with van der Waals surface area (Å²) in [6, 6.07) is 27.5. The highest BCUT2D eigenvalue weighted by molar-refractivity contribution is 7.79. The number of nitrogens with zero attached hydrogens (tertiary/aromatic N) is 3. The topological polar surface area (TPSA) is 30.2 Å². The molecule has 2 aromatic carbocycles. The van der Waals surface area contributed by atoms with Gasteiger partial charge in [-0.3, -0.25) is 0 Å². The Morgan fingerprint density at radius 3 is 1.95 bits per heavy atom. The number of rotatable bonds is 3. The Hall–Kier alpha value is -2.51. The second kappa shape index (κ2) is 5.70. The van der Waals surface area contributed by atoms with Crippen LogP contribution in [0.4, 0.5) is 0 Å².